The predicted octanol–water partition coefficient (Wildman–Crippen LogP) is 2.56. The van der Waals surface area contributed by atoms with Crippen LogP contribution in [0.4, 0.5) is 5.69 Å². The van der Waals surface area contributed by atoms with Crippen LogP contribution in [0.25, 0.3) is 0 Å². The number of carbonyl (C=O) groups excluding carboxylic acids is 1. The Kier molecular flexibility index (Phi) is 6.61. The van der Waals surface area contributed by atoms with Crippen LogP contribution in [-0.4, -0.2) is 30.1 Å². The predicted molar refractivity (Wildman–Crippen MR) is 100 cm³/mol. The zero-order valence-corrected chi connectivity index (χ0v) is 15.4. The number of nitrogens with one attached hydrogen (secondary N) is 1. The Balaban J connectivity index is 1.78. The second-order valence-corrected chi connectivity index (χ2v) is 6.63. The number of rotatable bonds is 8. The molecule has 5 nitrogen and oxygen atoms in total. The fourth-order valence-corrected chi connectivity index (χ4v) is 3.36. The molecule has 1 amide bonds. The summed E-state index contributed by atoms with van der Waals surface area (Å²) >= 11 is 1.18. The smallest absolute Gasteiger partial charge is 0.307 e. The number of thiazole rings is 1. The van der Waals surface area contributed by atoms with Crippen LogP contribution >= 0.6 is 11.3 Å². The van der Waals surface area contributed by atoms with Crippen LogP contribution in [0.2, 0.25) is 0 Å². The van der Waals surface area contributed by atoms with Gasteiger partial charge < -0.3 is 14.8 Å². The molecule has 0 aliphatic heterocycles. The molecule has 6 heteroatoms. The molecule has 0 spiro atoms. The van der Waals surface area contributed by atoms with Crippen molar-refractivity contribution in [2.75, 3.05) is 24.5 Å². The van der Waals surface area contributed by atoms with Crippen LogP contribution < -0.4 is 15.1 Å². The van der Waals surface area contributed by atoms with Gasteiger partial charge in [-0.3, -0.25) is 9.59 Å². The first-order chi connectivity index (χ1) is 11.5. The van der Waals surface area contributed by atoms with Gasteiger partial charge in [0.15, 0.2) is 0 Å². The Morgan fingerprint density at radius 2 is 2.12 bits per heavy atom. The number of likely N-dealkylation sites (N-methyl/N-ethyl adjacent to an activating group) is 1. The molecule has 130 valence electrons. The Labute approximate surface area is 146 Å². The van der Waals surface area contributed by atoms with Crippen LogP contribution in [0.15, 0.2) is 34.4 Å². The monoisotopic (exact) mass is 347 g/mol. The molecule has 0 unspecified atom stereocenters. The van der Waals surface area contributed by atoms with Gasteiger partial charge in [-0.2, -0.15) is 0 Å². The summed E-state index contributed by atoms with van der Waals surface area (Å²) < 4.78 is 1.65. The summed E-state index contributed by atoms with van der Waals surface area (Å²) in [6, 6.07) is 8.36. The second-order valence-electron chi connectivity index (χ2n) is 5.81. The van der Waals surface area contributed by atoms with Crippen LogP contribution in [0.1, 0.15) is 24.6 Å². The third kappa shape index (κ3) is 4.96. The zero-order valence-electron chi connectivity index (χ0n) is 14.5. The molecule has 2 rings (SSSR count). The van der Waals surface area contributed by atoms with Crippen molar-refractivity contribution in [3.63, 3.8) is 0 Å². The second kappa shape index (κ2) is 8.68. The standard InChI is InChI=1S/C18H25N3O2S/c1-4-20(16-7-5-6-14(2)12-16)11-9-19-17(22)8-10-21-15(3)13-24-18(21)23/h5-7,12-13H,4,8-11H2,1-3H3,(H,19,22). The van der Waals surface area contributed by atoms with Gasteiger partial charge in [-0.25, -0.2) is 0 Å². The summed E-state index contributed by atoms with van der Waals surface area (Å²) in [5.74, 6) is -0.0206. The Morgan fingerprint density at radius 3 is 2.75 bits per heavy atom. The topological polar surface area (TPSA) is 54.3 Å². The number of nitrogens with zero attached hydrogens (tertiary/aromatic N) is 2. The van der Waals surface area contributed by atoms with E-state index in [1.807, 2.05) is 18.4 Å². The average Bonchev–Trinajstić information content (AvgIpc) is 2.88. The van der Waals surface area contributed by atoms with E-state index in [4.69, 9.17) is 0 Å². The minimum atomic E-state index is -0.0206. The van der Waals surface area contributed by atoms with Gasteiger partial charge >= 0.3 is 4.87 Å². The summed E-state index contributed by atoms with van der Waals surface area (Å²) in [7, 11) is 0. The Bertz CT molecular complexity index is 736. The lowest BCUT2D eigenvalue weighted by molar-refractivity contribution is -0.121. The highest BCUT2D eigenvalue weighted by molar-refractivity contribution is 7.07. The van der Waals surface area contributed by atoms with Crippen LogP contribution in [-0.2, 0) is 11.3 Å². The average molecular weight is 347 g/mol. The number of aryl methyl sites for hydroxylation is 2. The zero-order chi connectivity index (χ0) is 17.5. The lowest BCUT2D eigenvalue weighted by Crippen LogP contribution is -2.35. The fraction of sp³-hybridized carbons (Fsp3) is 0.444. The molecule has 0 aliphatic carbocycles. The van der Waals surface area contributed by atoms with Crippen molar-refractivity contribution in [1.82, 2.24) is 9.88 Å². The fourth-order valence-electron chi connectivity index (χ4n) is 2.60. The third-order valence-electron chi connectivity index (χ3n) is 3.99. The van der Waals surface area contributed by atoms with E-state index in [0.29, 0.717) is 19.5 Å². The van der Waals surface area contributed by atoms with Gasteiger partial charge in [0.1, 0.15) is 0 Å². The van der Waals surface area contributed by atoms with E-state index in [0.717, 1.165) is 18.8 Å². The van der Waals surface area contributed by atoms with Gasteiger partial charge in [0.2, 0.25) is 5.91 Å². The Morgan fingerprint density at radius 1 is 1.33 bits per heavy atom. The van der Waals surface area contributed by atoms with Crippen LogP contribution in [0, 0.1) is 13.8 Å². The van der Waals surface area contributed by atoms with Gasteiger partial charge in [0, 0.05) is 49.4 Å². The first kappa shape index (κ1) is 18.3. The number of aromatic nitrogens is 1. The van der Waals surface area contributed by atoms with E-state index in [-0.39, 0.29) is 10.8 Å². The van der Waals surface area contributed by atoms with Crippen molar-refractivity contribution >= 4 is 22.9 Å². The number of hydrogen-bond donors (Lipinski definition) is 1. The van der Waals surface area contributed by atoms with E-state index in [9.17, 15) is 9.59 Å². The number of hydrogen-bond acceptors (Lipinski definition) is 4. The highest BCUT2D eigenvalue weighted by atomic mass is 32.1. The summed E-state index contributed by atoms with van der Waals surface area (Å²) in [4.78, 5) is 25.8. The molecular weight excluding hydrogens is 322 g/mol. The van der Waals surface area contributed by atoms with Crippen LogP contribution in [0.3, 0.4) is 0 Å². The Hall–Kier alpha value is -2.08. The van der Waals surface area contributed by atoms with E-state index >= 15 is 0 Å². The molecule has 1 N–H and O–H groups in total. The van der Waals surface area contributed by atoms with Gasteiger partial charge in [0.05, 0.1) is 0 Å². The van der Waals surface area contributed by atoms with Crippen molar-refractivity contribution in [3.8, 4) is 0 Å². The lowest BCUT2D eigenvalue weighted by Gasteiger charge is -2.23. The van der Waals surface area contributed by atoms with Crippen molar-refractivity contribution in [2.24, 2.45) is 0 Å². The van der Waals surface area contributed by atoms with Gasteiger partial charge in [-0.05, 0) is 38.5 Å². The minimum Gasteiger partial charge on any atom is -0.370 e. The minimum absolute atomic E-state index is 0.00287. The maximum Gasteiger partial charge on any atom is 0.307 e. The van der Waals surface area contributed by atoms with Crippen molar-refractivity contribution in [1.29, 1.82) is 0 Å². The molecule has 0 bridgehead atoms. The molecule has 2 aromatic rings. The quantitative estimate of drug-likeness (QED) is 0.798. The lowest BCUT2D eigenvalue weighted by atomic mass is 10.2. The summed E-state index contributed by atoms with van der Waals surface area (Å²) in [6.45, 7) is 8.76. The highest BCUT2D eigenvalue weighted by Crippen LogP contribution is 2.14. The number of benzene rings is 1. The number of anilines is 1. The molecule has 0 radical (unpaired) electrons. The summed E-state index contributed by atoms with van der Waals surface area (Å²) in [5, 5.41) is 4.76. The first-order valence-electron chi connectivity index (χ1n) is 8.24. The summed E-state index contributed by atoms with van der Waals surface area (Å²) in [5.41, 5.74) is 3.31. The molecule has 0 saturated carbocycles. The van der Waals surface area contributed by atoms with E-state index in [1.54, 1.807) is 4.57 Å². The summed E-state index contributed by atoms with van der Waals surface area (Å²) in [6.07, 6.45) is 0.327. The number of carbonyl (C=O) groups is 1. The SMILES string of the molecule is CCN(CCNC(=O)CCn1c(C)csc1=O)c1cccc(C)c1. The van der Waals surface area contributed by atoms with Crippen molar-refractivity contribution < 1.29 is 4.79 Å². The van der Waals surface area contributed by atoms with Crippen molar-refractivity contribution in [3.05, 3.63) is 50.6 Å². The largest absolute Gasteiger partial charge is 0.370 e. The molecule has 0 aliphatic rings. The molecule has 1 aromatic heterocycles. The molecule has 24 heavy (non-hydrogen) atoms. The molecule has 1 aromatic carbocycles. The van der Waals surface area contributed by atoms with Crippen LogP contribution in [0.5, 0.6) is 0 Å². The molecular formula is C18H25N3O2S. The molecule has 0 saturated heterocycles. The maximum absolute atomic E-state index is 12.0. The van der Waals surface area contributed by atoms with E-state index < -0.39 is 0 Å². The van der Waals surface area contributed by atoms with E-state index in [2.05, 4.69) is 42.3 Å². The van der Waals surface area contributed by atoms with Gasteiger partial charge in [0.25, 0.3) is 0 Å². The highest BCUT2D eigenvalue weighted by Gasteiger charge is 2.08. The normalized spacial score (nSPS) is 10.6. The third-order valence-corrected chi connectivity index (χ3v) is 4.87. The number of amides is 1. The molecule has 0 atom stereocenters. The molecule has 1 heterocycles. The van der Waals surface area contributed by atoms with Gasteiger partial charge in [-0.1, -0.05) is 23.5 Å². The van der Waals surface area contributed by atoms with Crippen molar-refractivity contribution in [2.45, 2.75) is 33.7 Å². The maximum atomic E-state index is 12.0. The van der Waals surface area contributed by atoms with E-state index in [1.165, 1.54) is 22.6 Å². The first-order valence-corrected chi connectivity index (χ1v) is 9.12. The molecule has 0 fully saturated rings. The van der Waals surface area contributed by atoms with Gasteiger partial charge in [-0.15, -0.1) is 0 Å².